The zero-order chi connectivity index (χ0) is 45.0. The molecule has 1 aromatic rings. The van der Waals surface area contributed by atoms with Crippen molar-refractivity contribution in [1.29, 1.82) is 0 Å². The Kier molecular flexibility index (Phi) is 21.0. The lowest BCUT2D eigenvalue weighted by atomic mass is 10.0. The average molecular weight is 837 g/mol. The smallest absolute Gasteiger partial charge is 0.243 e. The minimum absolute atomic E-state index is 0.0301. The van der Waals surface area contributed by atoms with Crippen molar-refractivity contribution in [3.8, 4) is 0 Å². The van der Waals surface area contributed by atoms with Crippen LogP contribution in [0.15, 0.2) is 17.5 Å². The number of nitrogens with zero attached hydrogens (tertiary/aromatic N) is 2. The van der Waals surface area contributed by atoms with E-state index >= 15 is 0 Å². The van der Waals surface area contributed by atoms with Gasteiger partial charge >= 0.3 is 0 Å². The molecule has 0 saturated heterocycles. The van der Waals surface area contributed by atoms with Gasteiger partial charge in [0.25, 0.3) is 0 Å². The Balaban J connectivity index is 3.18. The van der Waals surface area contributed by atoms with Crippen molar-refractivity contribution in [2.75, 3.05) is 6.54 Å². The van der Waals surface area contributed by atoms with Gasteiger partial charge in [0.05, 0.1) is 25.2 Å². The molecule has 0 unspecified atom stereocenters. The maximum atomic E-state index is 13.5. The molecule has 0 fully saturated rings. The standard InChI is InChI=1S/C33H56N16O10/c1-14(2)25(49-29(56)19(5-4-8-42-33(39)40)46-28(55)17(34)10-23(36)51)32(59)44-15(3)27(54)47-21(11-24(37)52)31(58)48-20(9-16-12-41-13-43-16)30(57)45-18(26(38)53)6-7-22(35)50/h12-15,17-21,25H,4-11,34H2,1-3H3,(H2,35,50)(H2,36,51)(H2,37,52)(H2,38,53)(H,41,43)(H,44,59)(H,45,57)(H,46,55)(H,47,54)(H,48,58)(H,49,56)(H4,39,40,42)/t15-,17-,18-,19-,20-,21-,25-/m0/s1. The van der Waals surface area contributed by atoms with Gasteiger partial charge in [-0.3, -0.25) is 52.9 Å². The van der Waals surface area contributed by atoms with Gasteiger partial charge in [-0.15, -0.1) is 0 Å². The molecule has 1 rings (SSSR count). The van der Waals surface area contributed by atoms with Crippen molar-refractivity contribution in [1.82, 2.24) is 41.9 Å². The molecule has 0 saturated carbocycles. The van der Waals surface area contributed by atoms with E-state index in [2.05, 4.69) is 46.9 Å². The van der Waals surface area contributed by atoms with Crippen LogP contribution in [0.4, 0.5) is 0 Å². The van der Waals surface area contributed by atoms with Crippen LogP contribution >= 0.6 is 0 Å². The molecule has 328 valence electrons. The van der Waals surface area contributed by atoms with Crippen molar-refractivity contribution < 1.29 is 47.9 Å². The molecule has 0 spiro atoms. The van der Waals surface area contributed by atoms with Crippen LogP contribution in [-0.4, -0.2) is 124 Å². The molecule has 0 aliphatic heterocycles. The van der Waals surface area contributed by atoms with Crippen molar-refractivity contribution in [2.45, 2.75) is 108 Å². The first-order valence-corrected chi connectivity index (χ1v) is 18.3. The van der Waals surface area contributed by atoms with Crippen molar-refractivity contribution >= 4 is 65.0 Å². The first kappa shape index (κ1) is 50.2. The van der Waals surface area contributed by atoms with E-state index in [4.69, 9.17) is 40.1 Å². The molecular formula is C33H56N16O10. The van der Waals surface area contributed by atoms with E-state index in [0.717, 1.165) is 0 Å². The molecule has 1 aromatic heterocycles. The number of carbonyl (C=O) groups excluding carboxylic acids is 10. The summed E-state index contributed by atoms with van der Waals surface area (Å²) < 4.78 is 0. The molecule has 21 N–H and O–H groups in total. The lowest BCUT2D eigenvalue weighted by molar-refractivity contribution is -0.136. The number of aromatic nitrogens is 2. The molecule has 0 radical (unpaired) electrons. The SMILES string of the molecule is CC(C)[C@H](NC(=O)[C@H](CCCN=C(N)N)NC(=O)[C@@H](N)CC(N)=O)C(=O)N[C@@H](C)C(=O)N[C@@H](CC(N)=O)C(=O)N[C@@H](Cc1cnc[nH]1)C(=O)N[C@@H](CCC(N)=O)C(N)=O. The first-order chi connectivity index (χ1) is 27.5. The summed E-state index contributed by atoms with van der Waals surface area (Å²) in [6.07, 6.45) is 0.765. The van der Waals surface area contributed by atoms with Crippen LogP contribution in [0.25, 0.3) is 0 Å². The summed E-state index contributed by atoms with van der Waals surface area (Å²) in [5, 5.41) is 14.4. The first-order valence-electron chi connectivity index (χ1n) is 18.3. The largest absolute Gasteiger partial charge is 0.370 e. The summed E-state index contributed by atoms with van der Waals surface area (Å²) in [7, 11) is 0. The number of nitrogens with one attached hydrogen (secondary N) is 7. The molecule has 59 heavy (non-hydrogen) atoms. The Hall–Kier alpha value is -6.86. The van der Waals surface area contributed by atoms with Gasteiger partial charge in [-0.2, -0.15) is 0 Å². The fraction of sp³-hybridized carbons (Fsp3) is 0.576. The van der Waals surface area contributed by atoms with Crippen molar-refractivity contribution in [2.24, 2.45) is 51.0 Å². The number of hydrogen-bond acceptors (Lipinski definition) is 13. The van der Waals surface area contributed by atoms with Crippen LogP contribution < -0.4 is 72.0 Å². The Morgan fingerprint density at radius 1 is 0.644 bits per heavy atom. The average Bonchev–Trinajstić information content (AvgIpc) is 3.64. The second kappa shape index (κ2) is 24.7. The number of rotatable bonds is 27. The van der Waals surface area contributed by atoms with E-state index < -0.39 is 120 Å². The van der Waals surface area contributed by atoms with Gasteiger partial charge in [0.2, 0.25) is 59.1 Å². The lowest BCUT2D eigenvalue weighted by Crippen LogP contribution is -2.60. The third kappa shape index (κ3) is 19.2. The van der Waals surface area contributed by atoms with Crippen LogP contribution in [0.1, 0.15) is 65.0 Å². The lowest BCUT2D eigenvalue weighted by Gasteiger charge is -2.27. The Morgan fingerprint density at radius 2 is 1.20 bits per heavy atom. The van der Waals surface area contributed by atoms with Crippen LogP contribution in [0.2, 0.25) is 0 Å². The number of guanidine groups is 1. The van der Waals surface area contributed by atoms with Gasteiger partial charge < -0.3 is 77.0 Å². The molecule has 7 atom stereocenters. The summed E-state index contributed by atoms with van der Waals surface area (Å²) in [4.78, 5) is 137. The zero-order valence-corrected chi connectivity index (χ0v) is 32.9. The highest BCUT2D eigenvalue weighted by atomic mass is 16.2. The molecule has 0 aromatic carbocycles. The van der Waals surface area contributed by atoms with Crippen LogP contribution in [0.3, 0.4) is 0 Å². The van der Waals surface area contributed by atoms with E-state index in [9.17, 15) is 47.9 Å². The fourth-order valence-corrected chi connectivity index (χ4v) is 5.17. The topological polar surface area (TPSA) is 466 Å². The number of hydrogen-bond donors (Lipinski definition) is 14. The monoisotopic (exact) mass is 836 g/mol. The Labute approximate surface area is 338 Å². The number of carbonyl (C=O) groups is 10. The van der Waals surface area contributed by atoms with Gasteiger partial charge in [-0.1, -0.05) is 13.8 Å². The third-order valence-electron chi connectivity index (χ3n) is 8.32. The number of aliphatic imine (C=N–C) groups is 1. The maximum Gasteiger partial charge on any atom is 0.243 e. The molecule has 0 bridgehead atoms. The second-order valence-corrected chi connectivity index (χ2v) is 13.8. The highest BCUT2D eigenvalue weighted by Gasteiger charge is 2.34. The number of imidazole rings is 1. The molecule has 0 aliphatic carbocycles. The van der Waals surface area contributed by atoms with E-state index in [-0.39, 0.29) is 44.6 Å². The zero-order valence-electron chi connectivity index (χ0n) is 32.9. The van der Waals surface area contributed by atoms with E-state index in [1.165, 1.54) is 19.4 Å². The predicted molar refractivity (Wildman–Crippen MR) is 208 cm³/mol. The van der Waals surface area contributed by atoms with Crippen molar-refractivity contribution in [3.05, 3.63) is 18.2 Å². The molecule has 26 heteroatoms. The fourth-order valence-electron chi connectivity index (χ4n) is 5.17. The highest BCUT2D eigenvalue weighted by Crippen LogP contribution is 2.08. The Morgan fingerprint density at radius 3 is 1.73 bits per heavy atom. The summed E-state index contributed by atoms with van der Waals surface area (Å²) >= 11 is 0. The van der Waals surface area contributed by atoms with Gasteiger partial charge in [0.1, 0.15) is 36.3 Å². The van der Waals surface area contributed by atoms with E-state index in [0.29, 0.717) is 5.69 Å². The van der Waals surface area contributed by atoms with Gasteiger partial charge in [-0.05, 0) is 32.1 Å². The van der Waals surface area contributed by atoms with Crippen LogP contribution in [-0.2, 0) is 54.4 Å². The number of primary amides is 4. The number of H-pyrrole nitrogens is 1. The molecule has 26 nitrogen and oxygen atoms in total. The minimum atomic E-state index is -1.69. The van der Waals surface area contributed by atoms with Gasteiger partial charge in [0.15, 0.2) is 5.96 Å². The normalized spacial score (nSPS) is 14.4. The summed E-state index contributed by atoms with van der Waals surface area (Å²) in [6.45, 7) is 4.48. The van der Waals surface area contributed by atoms with Crippen LogP contribution in [0.5, 0.6) is 0 Å². The summed E-state index contributed by atoms with van der Waals surface area (Å²) in [6, 6.07) is -9.87. The number of nitrogens with two attached hydrogens (primary N) is 7. The van der Waals surface area contributed by atoms with E-state index in [1.807, 2.05) is 0 Å². The number of amides is 10. The summed E-state index contributed by atoms with van der Waals surface area (Å²) in [5.41, 5.74) is 37.8. The predicted octanol–water partition coefficient (Wildman–Crippen LogP) is -7.58. The molecular weight excluding hydrogens is 780 g/mol. The van der Waals surface area contributed by atoms with Gasteiger partial charge in [0, 0.05) is 31.3 Å². The number of aromatic amines is 1. The minimum Gasteiger partial charge on any atom is -0.370 e. The van der Waals surface area contributed by atoms with Crippen molar-refractivity contribution in [3.63, 3.8) is 0 Å². The highest BCUT2D eigenvalue weighted by molar-refractivity contribution is 5.98. The molecule has 1 heterocycles. The maximum absolute atomic E-state index is 13.5. The second-order valence-electron chi connectivity index (χ2n) is 13.8. The Bertz CT molecular complexity index is 1700. The summed E-state index contributed by atoms with van der Waals surface area (Å²) in [5.74, 6) is -10.0. The molecule has 0 aliphatic rings. The van der Waals surface area contributed by atoms with Crippen LogP contribution in [0, 0.1) is 5.92 Å². The quantitative estimate of drug-likeness (QED) is 0.0223. The molecule has 10 amide bonds. The van der Waals surface area contributed by atoms with E-state index in [1.54, 1.807) is 13.8 Å². The van der Waals surface area contributed by atoms with Gasteiger partial charge in [-0.25, -0.2) is 4.98 Å². The third-order valence-corrected chi connectivity index (χ3v) is 8.32.